The fraction of sp³-hybridized carbons (Fsp3) is 0. The zero-order valence-electron chi connectivity index (χ0n) is 9.98. The molecule has 0 amide bonds. The fourth-order valence-electron chi connectivity index (χ4n) is 1.39. The van der Waals surface area contributed by atoms with Crippen molar-refractivity contribution >= 4 is 12.2 Å². The van der Waals surface area contributed by atoms with E-state index in [1.54, 1.807) is 12.4 Å². The van der Waals surface area contributed by atoms with Crippen LogP contribution in [0.1, 0.15) is 11.4 Å². The average molecular weight is 234 g/mol. The van der Waals surface area contributed by atoms with Gasteiger partial charge in [-0.15, -0.1) is 0 Å². The summed E-state index contributed by atoms with van der Waals surface area (Å²) in [6.07, 6.45) is 15.4. The van der Waals surface area contributed by atoms with Crippen molar-refractivity contribution in [3.8, 4) is 0 Å². The van der Waals surface area contributed by atoms with E-state index in [1.165, 1.54) is 0 Å². The molecule has 0 aliphatic carbocycles. The number of aromatic nitrogens is 2. The van der Waals surface area contributed by atoms with E-state index in [0.29, 0.717) is 0 Å². The van der Waals surface area contributed by atoms with Crippen molar-refractivity contribution < 1.29 is 0 Å². The number of allylic oxidation sites excluding steroid dienone is 4. The molecule has 0 atom stereocenters. The Morgan fingerprint density at radius 1 is 0.611 bits per heavy atom. The first-order valence-corrected chi connectivity index (χ1v) is 5.78. The molecule has 0 aliphatic rings. The molecule has 18 heavy (non-hydrogen) atoms. The fourth-order valence-corrected chi connectivity index (χ4v) is 1.39. The van der Waals surface area contributed by atoms with Gasteiger partial charge in [-0.25, -0.2) is 0 Å². The minimum Gasteiger partial charge on any atom is -0.257 e. The zero-order chi connectivity index (χ0) is 12.5. The van der Waals surface area contributed by atoms with E-state index < -0.39 is 0 Å². The number of rotatable bonds is 4. The maximum Gasteiger partial charge on any atom is 0.0629 e. The standard InChI is InChI=1S/C16H14N2/c1(3-9-15-11-5-7-13-17-15)2-4-10-16-12-6-8-14-18-16/h1-14H/b2-1+,9-3+,10-4+. The Morgan fingerprint density at radius 3 is 1.50 bits per heavy atom. The van der Waals surface area contributed by atoms with Crippen molar-refractivity contribution in [1.29, 1.82) is 0 Å². The van der Waals surface area contributed by atoms with Crippen LogP contribution in [0.4, 0.5) is 0 Å². The molecule has 0 saturated carbocycles. The maximum atomic E-state index is 4.20. The van der Waals surface area contributed by atoms with Gasteiger partial charge in [0.05, 0.1) is 11.4 Å². The minimum atomic E-state index is 0.954. The number of hydrogen-bond donors (Lipinski definition) is 0. The molecule has 2 heterocycles. The maximum absolute atomic E-state index is 4.20. The summed E-state index contributed by atoms with van der Waals surface area (Å²) < 4.78 is 0. The average Bonchev–Trinajstić information content (AvgIpc) is 2.45. The minimum absolute atomic E-state index is 0.954. The summed E-state index contributed by atoms with van der Waals surface area (Å²) in [7, 11) is 0. The van der Waals surface area contributed by atoms with Crippen LogP contribution in [-0.4, -0.2) is 9.97 Å². The van der Waals surface area contributed by atoms with Crippen LogP contribution in [0.15, 0.2) is 73.1 Å². The lowest BCUT2D eigenvalue weighted by Crippen LogP contribution is -1.75. The second kappa shape index (κ2) is 6.97. The van der Waals surface area contributed by atoms with Crippen LogP contribution >= 0.6 is 0 Å². The second-order valence-corrected chi connectivity index (χ2v) is 3.61. The smallest absolute Gasteiger partial charge is 0.0629 e. The predicted octanol–water partition coefficient (Wildman–Crippen LogP) is 3.76. The summed E-state index contributed by atoms with van der Waals surface area (Å²) in [5.41, 5.74) is 1.91. The third kappa shape index (κ3) is 4.18. The van der Waals surface area contributed by atoms with E-state index in [4.69, 9.17) is 0 Å². The van der Waals surface area contributed by atoms with Crippen molar-refractivity contribution in [2.75, 3.05) is 0 Å². The van der Waals surface area contributed by atoms with Crippen LogP contribution in [0.5, 0.6) is 0 Å². The topological polar surface area (TPSA) is 25.8 Å². The first-order chi connectivity index (χ1) is 8.95. The van der Waals surface area contributed by atoms with E-state index in [2.05, 4.69) is 9.97 Å². The normalized spacial score (nSPS) is 11.8. The molecule has 0 saturated heterocycles. The molecule has 0 radical (unpaired) electrons. The molecule has 2 aromatic heterocycles. The van der Waals surface area contributed by atoms with Crippen molar-refractivity contribution in [3.63, 3.8) is 0 Å². The van der Waals surface area contributed by atoms with Gasteiger partial charge >= 0.3 is 0 Å². The first-order valence-electron chi connectivity index (χ1n) is 5.78. The number of hydrogen-bond acceptors (Lipinski definition) is 2. The molecule has 0 fully saturated rings. The molecular formula is C16H14N2. The molecular weight excluding hydrogens is 220 g/mol. The molecule has 0 aromatic carbocycles. The van der Waals surface area contributed by atoms with Crippen LogP contribution < -0.4 is 0 Å². The number of pyridine rings is 2. The van der Waals surface area contributed by atoms with Gasteiger partial charge in [-0.05, 0) is 36.4 Å². The Bertz CT molecular complexity index is 488. The quantitative estimate of drug-likeness (QED) is 0.753. The van der Waals surface area contributed by atoms with Gasteiger partial charge < -0.3 is 0 Å². The lowest BCUT2D eigenvalue weighted by atomic mass is 10.3. The lowest BCUT2D eigenvalue weighted by molar-refractivity contribution is 1.30. The van der Waals surface area contributed by atoms with Crippen molar-refractivity contribution in [2.45, 2.75) is 0 Å². The molecule has 0 aliphatic heterocycles. The first kappa shape index (κ1) is 12.0. The van der Waals surface area contributed by atoms with Gasteiger partial charge in [-0.1, -0.05) is 36.4 Å². The Labute approximate surface area is 107 Å². The van der Waals surface area contributed by atoms with Gasteiger partial charge in [0, 0.05) is 12.4 Å². The van der Waals surface area contributed by atoms with Crippen molar-refractivity contribution in [3.05, 3.63) is 84.5 Å². The molecule has 0 N–H and O–H groups in total. The Morgan fingerprint density at radius 2 is 1.11 bits per heavy atom. The molecule has 2 heteroatoms. The highest BCUT2D eigenvalue weighted by Gasteiger charge is 1.82. The Hall–Kier alpha value is -2.48. The van der Waals surface area contributed by atoms with Gasteiger partial charge in [0.2, 0.25) is 0 Å². The summed E-state index contributed by atoms with van der Waals surface area (Å²) in [5, 5.41) is 0. The lowest BCUT2D eigenvalue weighted by Gasteiger charge is -1.88. The predicted molar refractivity (Wildman–Crippen MR) is 75.7 cm³/mol. The van der Waals surface area contributed by atoms with E-state index in [9.17, 15) is 0 Å². The van der Waals surface area contributed by atoms with Gasteiger partial charge in [0.1, 0.15) is 0 Å². The van der Waals surface area contributed by atoms with Crippen LogP contribution in [0.25, 0.3) is 12.2 Å². The molecule has 2 aromatic rings. The largest absolute Gasteiger partial charge is 0.257 e. The van der Waals surface area contributed by atoms with Crippen LogP contribution in [-0.2, 0) is 0 Å². The van der Waals surface area contributed by atoms with E-state index in [-0.39, 0.29) is 0 Å². The molecule has 88 valence electrons. The highest BCUT2D eigenvalue weighted by Crippen LogP contribution is 1.98. The SMILES string of the molecule is C(=C\C=C\c1ccccn1)/C=C/c1ccccn1. The zero-order valence-corrected chi connectivity index (χ0v) is 9.98. The summed E-state index contributed by atoms with van der Waals surface area (Å²) >= 11 is 0. The molecule has 0 spiro atoms. The summed E-state index contributed by atoms with van der Waals surface area (Å²) in [6.45, 7) is 0. The van der Waals surface area contributed by atoms with Gasteiger partial charge in [-0.2, -0.15) is 0 Å². The van der Waals surface area contributed by atoms with E-state index in [1.807, 2.05) is 72.9 Å². The second-order valence-electron chi connectivity index (χ2n) is 3.61. The van der Waals surface area contributed by atoms with Gasteiger partial charge in [-0.3, -0.25) is 9.97 Å². The van der Waals surface area contributed by atoms with Crippen molar-refractivity contribution in [2.24, 2.45) is 0 Å². The monoisotopic (exact) mass is 234 g/mol. The van der Waals surface area contributed by atoms with Gasteiger partial charge in [0.15, 0.2) is 0 Å². The highest BCUT2D eigenvalue weighted by atomic mass is 14.7. The van der Waals surface area contributed by atoms with E-state index >= 15 is 0 Å². The van der Waals surface area contributed by atoms with Crippen LogP contribution in [0, 0.1) is 0 Å². The third-order valence-corrected chi connectivity index (χ3v) is 2.24. The number of nitrogens with zero attached hydrogens (tertiary/aromatic N) is 2. The highest BCUT2D eigenvalue weighted by molar-refractivity contribution is 5.49. The molecule has 2 nitrogen and oxygen atoms in total. The molecule has 0 unspecified atom stereocenters. The van der Waals surface area contributed by atoms with Crippen molar-refractivity contribution in [1.82, 2.24) is 9.97 Å². The summed E-state index contributed by atoms with van der Waals surface area (Å²) in [4.78, 5) is 8.39. The summed E-state index contributed by atoms with van der Waals surface area (Å²) in [6, 6.07) is 11.7. The Kier molecular flexibility index (Phi) is 4.64. The van der Waals surface area contributed by atoms with E-state index in [0.717, 1.165) is 11.4 Å². The summed E-state index contributed by atoms with van der Waals surface area (Å²) in [5.74, 6) is 0. The third-order valence-electron chi connectivity index (χ3n) is 2.24. The van der Waals surface area contributed by atoms with Gasteiger partial charge in [0.25, 0.3) is 0 Å². The Balaban J connectivity index is 1.86. The molecule has 2 rings (SSSR count). The van der Waals surface area contributed by atoms with Crippen LogP contribution in [0.2, 0.25) is 0 Å². The molecule has 0 bridgehead atoms. The van der Waals surface area contributed by atoms with Crippen LogP contribution in [0.3, 0.4) is 0 Å².